The average Bonchev–Trinajstić information content (AvgIpc) is 2.83. The number of carbonyl (C=O) groups is 1. The molecule has 0 atom stereocenters. The van der Waals surface area contributed by atoms with E-state index >= 15 is 0 Å². The van der Waals surface area contributed by atoms with Crippen LogP contribution in [0.2, 0.25) is 0 Å². The predicted molar refractivity (Wildman–Crippen MR) is 85.3 cm³/mol. The van der Waals surface area contributed by atoms with Crippen molar-refractivity contribution in [3.8, 4) is 0 Å². The van der Waals surface area contributed by atoms with Gasteiger partial charge in [0.15, 0.2) is 0 Å². The lowest BCUT2D eigenvalue weighted by Crippen LogP contribution is -2.14. The van der Waals surface area contributed by atoms with E-state index in [1.54, 1.807) is 0 Å². The minimum atomic E-state index is -0.171. The summed E-state index contributed by atoms with van der Waals surface area (Å²) in [4.78, 5) is 12.0. The molecule has 0 radical (unpaired) electrons. The van der Waals surface area contributed by atoms with E-state index in [2.05, 4.69) is 31.2 Å². The van der Waals surface area contributed by atoms with Crippen molar-refractivity contribution in [1.82, 2.24) is 4.57 Å². The Morgan fingerprint density at radius 3 is 2.14 bits per heavy atom. The predicted octanol–water partition coefficient (Wildman–Crippen LogP) is 4.14. The maximum atomic E-state index is 12.0. The summed E-state index contributed by atoms with van der Waals surface area (Å²) in [5.41, 5.74) is 2.15. The summed E-state index contributed by atoms with van der Waals surface area (Å²) in [5, 5.41) is 2.35. The number of esters is 1. The third-order valence-electron chi connectivity index (χ3n) is 3.73. The highest BCUT2D eigenvalue weighted by atomic mass is 16.5. The van der Waals surface area contributed by atoms with Crippen LogP contribution in [0.1, 0.15) is 19.8 Å². The number of para-hydroxylation sites is 2. The van der Waals surface area contributed by atoms with Gasteiger partial charge in [-0.3, -0.25) is 4.79 Å². The van der Waals surface area contributed by atoms with Gasteiger partial charge in [0, 0.05) is 21.8 Å². The highest BCUT2D eigenvalue weighted by Gasteiger charge is 2.12. The highest BCUT2D eigenvalue weighted by Crippen LogP contribution is 2.28. The molecule has 0 amide bonds. The summed E-state index contributed by atoms with van der Waals surface area (Å²) in [6.45, 7) is 2.85. The fraction of sp³-hybridized carbons (Fsp3) is 0.278. The number of hydrogen-bond donors (Lipinski definition) is 0. The average molecular weight is 281 g/mol. The standard InChI is InChI=1S/C18H19NO2/c1-2-3-12-21-18(20)13-19-16-10-6-4-8-14(16)15-9-5-7-11-17(15)19/h4-11H,2-3,12-13H2,1H3. The second-order valence-electron chi connectivity index (χ2n) is 5.19. The van der Waals surface area contributed by atoms with Crippen molar-refractivity contribution >= 4 is 27.8 Å². The number of ether oxygens (including phenoxy) is 1. The molecule has 0 saturated carbocycles. The Hall–Kier alpha value is -2.29. The minimum Gasteiger partial charge on any atom is -0.464 e. The lowest BCUT2D eigenvalue weighted by atomic mass is 10.2. The molecule has 0 aliphatic heterocycles. The first kappa shape index (κ1) is 13.7. The molecular weight excluding hydrogens is 262 g/mol. The van der Waals surface area contributed by atoms with Crippen LogP contribution in [0.5, 0.6) is 0 Å². The third kappa shape index (κ3) is 2.64. The Morgan fingerprint density at radius 1 is 1.00 bits per heavy atom. The van der Waals surface area contributed by atoms with E-state index in [1.165, 1.54) is 10.8 Å². The number of fused-ring (bicyclic) bond motifs is 3. The van der Waals surface area contributed by atoms with Gasteiger partial charge < -0.3 is 9.30 Å². The Kier molecular flexibility index (Phi) is 3.91. The van der Waals surface area contributed by atoms with Crippen LogP contribution in [0.25, 0.3) is 21.8 Å². The second kappa shape index (κ2) is 6.00. The van der Waals surface area contributed by atoms with Crippen LogP contribution in [0, 0.1) is 0 Å². The number of aromatic nitrogens is 1. The first-order valence-electron chi connectivity index (χ1n) is 7.43. The lowest BCUT2D eigenvalue weighted by Gasteiger charge is -2.07. The smallest absolute Gasteiger partial charge is 0.325 e. The van der Waals surface area contributed by atoms with Gasteiger partial charge in [0.25, 0.3) is 0 Å². The number of rotatable bonds is 5. The normalized spacial score (nSPS) is 11.1. The second-order valence-corrected chi connectivity index (χ2v) is 5.19. The van der Waals surface area contributed by atoms with E-state index in [0.29, 0.717) is 6.61 Å². The Balaban J connectivity index is 1.98. The van der Waals surface area contributed by atoms with Crippen molar-refractivity contribution in [2.45, 2.75) is 26.3 Å². The van der Waals surface area contributed by atoms with Crippen molar-refractivity contribution in [2.75, 3.05) is 6.61 Å². The summed E-state index contributed by atoms with van der Waals surface area (Å²) >= 11 is 0. The van der Waals surface area contributed by atoms with Gasteiger partial charge >= 0.3 is 5.97 Å². The maximum absolute atomic E-state index is 12.0. The summed E-state index contributed by atoms with van der Waals surface area (Å²) in [6.07, 6.45) is 1.95. The molecule has 0 aliphatic carbocycles. The van der Waals surface area contributed by atoms with Crippen LogP contribution in [0.4, 0.5) is 0 Å². The molecule has 0 aliphatic rings. The topological polar surface area (TPSA) is 31.2 Å². The van der Waals surface area contributed by atoms with Crippen molar-refractivity contribution in [3.05, 3.63) is 48.5 Å². The maximum Gasteiger partial charge on any atom is 0.325 e. The van der Waals surface area contributed by atoms with Crippen LogP contribution >= 0.6 is 0 Å². The zero-order chi connectivity index (χ0) is 14.7. The Bertz CT molecular complexity index is 720. The van der Waals surface area contributed by atoms with Gasteiger partial charge in [-0.05, 0) is 18.6 Å². The quantitative estimate of drug-likeness (QED) is 0.520. The molecule has 0 unspecified atom stereocenters. The lowest BCUT2D eigenvalue weighted by molar-refractivity contribution is -0.144. The first-order valence-corrected chi connectivity index (χ1v) is 7.43. The summed E-state index contributed by atoms with van der Waals surface area (Å²) in [7, 11) is 0. The minimum absolute atomic E-state index is 0.171. The van der Waals surface area contributed by atoms with Crippen molar-refractivity contribution in [2.24, 2.45) is 0 Å². The molecule has 0 bridgehead atoms. The molecule has 1 aromatic heterocycles. The Morgan fingerprint density at radius 2 is 1.57 bits per heavy atom. The largest absolute Gasteiger partial charge is 0.464 e. The van der Waals surface area contributed by atoms with Gasteiger partial charge in [-0.25, -0.2) is 0 Å². The SMILES string of the molecule is CCCCOC(=O)Cn1c2ccccc2c2ccccc21. The van der Waals surface area contributed by atoms with E-state index in [-0.39, 0.29) is 12.5 Å². The number of carbonyl (C=O) groups excluding carboxylic acids is 1. The third-order valence-corrected chi connectivity index (χ3v) is 3.73. The monoisotopic (exact) mass is 281 g/mol. The zero-order valence-corrected chi connectivity index (χ0v) is 12.2. The zero-order valence-electron chi connectivity index (χ0n) is 12.2. The van der Waals surface area contributed by atoms with E-state index in [0.717, 1.165) is 23.9 Å². The summed E-state index contributed by atoms with van der Waals surface area (Å²) in [6, 6.07) is 16.3. The molecule has 3 heteroatoms. The van der Waals surface area contributed by atoms with Gasteiger partial charge in [-0.1, -0.05) is 49.7 Å². The van der Waals surface area contributed by atoms with Crippen LogP contribution < -0.4 is 0 Å². The van der Waals surface area contributed by atoms with Crippen molar-refractivity contribution in [3.63, 3.8) is 0 Å². The molecule has 108 valence electrons. The number of unbranched alkanes of at least 4 members (excludes halogenated alkanes) is 1. The molecule has 0 fully saturated rings. The van der Waals surface area contributed by atoms with Crippen molar-refractivity contribution in [1.29, 1.82) is 0 Å². The van der Waals surface area contributed by atoms with Crippen LogP contribution in [-0.4, -0.2) is 17.1 Å². The number of benzene rings is 2. The molecule has 21 heavy (non-hydrogen) atoms. The van der Waals surface area contributed by atoms with Gasteiger partial charge in [0.05, 0.1) is 6.61 Å². The van der Waals surface area contributed by atoms with E-state index in [1.807, 2.05) is 28.8 Å². The Labute approximate surface area is 124 Å². The van der Waals surface area contributed by atoms with Gasteiger partial charge in [0.1, 0.15) is 6.54 Å². The molecule has 2 aromatic carbocycles. The molecule has 0 spiro atoms. The fourth-order valence-electron chi connectivity index (χ4n) is 2.68. The molecule has 1 heterocycles. The fourth-order valence-corrected chi connectivity index (χ4v) is 2.68. The van der Waals surface area contributed by atoms with E-state index in [4.69, 9.17) is 4.74 Å². The highest BCUT2D eigenvalue weighted by molar-refractivity contribution is 6.08. The molecular formula is C18H19NO2. The first-order chi connectivity index (χ1) is 10.3. The summed E-state index contributed by atoms with van der Waals surface area (Å²) < 4.78 is 7.33. The van der Waals surface area contributed by atoms with Crippen molar-refractivity contribution < 1.29 is 9.53 Å². The molecule has 0 N–H and O–H groups in total. The number of hydrogen-bond acceptors (Lipinski definition) is 2. The van der Waals surface area contributed by atoms with Gasteiger partial charge in [-0.2, -0.15) is 0 Å². The molecule has 3 rings (SSSR count). The van der Waals surface area contributed by atoms with Crippen LogP contribution in [-0.2, 0) is 16.1 Å². The van der Waals surface area contributed by atoms with E-state index < -0.39 is 0 Å². The molecule has 3 nitrogen and oxygen atoms in total. The van der Waals surface area contributed by atoms with Gasteiger partial charge in [0.2, 0.25) is 0 Å². The van der Waals surface area contributed by atoms with Gasteiger partial charge in [-0.15, -0.1) is 0 Å². The van der Waals surface area contributed by atoms with E-state index in [9.17, 15) is 4.79 Å². The summed E-state index contributed by atoms with van der Waals surface area (Å²) in [5.74, 6) is -0.171. The molecule has 3 aromatic rings. The van der Waals surface area contributed by atoms with Crippen LogP contribution in [0.15, 0.2) is 48.5 Å². The van der Waals surface area contributed by atoms with Crippen LogP contribution in [0.3, 0.4) is 0 Å². The number of nitrogens with zero attached hydrogens (tertiary/aromatic N) is 1. The molecule has 0 saturated heterocycles.